The molecule has 0 heterocycles. The summed E-state index contributed by atoms with van der Waals surface area (Å²) in [4.78, 5) is 0. The molecular weight excluding hydrogens is 242 g/mol. The fourth-order valence-corrected chi connectivity index (χ4v) is 2.80. The topological polar surface area (TPSA) is 26.0 Å². The number of benzene rings is 2. The molecule has 0 aliphatic rings. The Morgan fingerprint density at radius 2 is 1.45 bits per heavy atom. The number of rotatable bonds is 4. The van der Waals surface area contributed by atoms with Crippen molar-refractivity contribution in [2.45, 2.75) is 47.0 Å². The molecule has 0 unspecified atom stereocenters. The predicted molar refractivity (Wildman–Crippen MR) is 89.2 cm³/mol. The van der Waals surface area contributed by atoms with Gasteiger partial charge in [0.1, 0.15) is 0 Å². The molecule has 0 spiro atoms. The molecule has 0 amide bonds. The highest BCUT2D eigenvalue weighted by Crippen LogP contribution is 2.32. The SMILES string of the molecule is CCc1cc(CC)c(-c2ccc(N)c(C)c2)c(CC)c1. The van der Waals surface area contributed by atoms with Crippen LogP contribution in [-0.2, 0) is 19.3 Å². The molecule has 0 aliphatic carbocycles. The Morgan fingerprint density at radius 1 is 0.850 bits per heavy atom. The van der Waals surface area contributed by atoms with Crippen LogP contribution in [0.4, 0.5) is 5.69 Å². The molecule has 20 heavy (non-hydrogen) atoms. The van der Waals surface area contributed by atoms with Crippen molar-refractivity contribution in [1.29, 1.82) is 0 Å². The molecule has 0 saturated heterocycles. The smallest absolute Gasteiger partial charge is 0.0344 e. The van der Waals surface area contributed by atoms with E-state index in [1.165, 1.54) is 27.8 Å². The van der Waals surface area contributed by atoms with E-state index >= 15 is 0 Å². The maximum atomic E-state index is 5.95. The Bertz CT molecular complexity index is 586. The summed E-state index contributed by atoms with van der Waals surface area (Å²) in [5, 5.41) is 0. The van der Waals surface area contributed by atoms with Gasteiger partial charge in [-0.1, -0.05) is 39.0 Å². The number of hydrogen-bond donors (Lipinski definition) is 1. The second-order valence-electron chi connectivity index (χ2n) is 5.42. The second kappa shape index (κ2) is 6.13. The summed E-state index contributed by atoms with van der Waals surface area (Å²) in [7, 11) is 0. The van der Waals surface area contributed by atoms with Crippen molar-refractivity contribution in [2.24, 2.45) is 0 Å². The minimum atomic E-state index is 0.870. The predicted octanol–water partition coefficient (Wildman–Crippen LogP) is 4.93. The summed E-state index contributed by atoms with van der Waals surface area (Å²) < 4.78 is 0. The molecule has 0 aliphatic heterocycles. The highest BCUT2D eigenvalue weighted by Gasteiger charge is 2.11. The normalized spacial score (nSPS) is 10.8. The van der Waals surface area contributed by atoms with Crippen molar-refractivity contribution >= 4 is 5.69 Å². The summed E-state index contributed by atoms with van der Waals surface area (Å²) in [5.74, 6) is 0. The lowest BCUT2D eigenvalue weighted by molar-refractivity contribution is 1.05. The molecule has 0 atom stereocenters. The van der Waals surface area contributed by atoms with Crippen LogP contribution in [0, 0.1) is 6.92 Å². The molecule has 0 fully saturated rings. The number of hydrogen-bond acceptors (Lipinski definition) is 1. The summed E-state index contributed by atoms with van der Waals surface area (Å²) in [5.41, 5.74) is 15.0. The lowest BCUT2D eigenvalue weighted by atomic mass is 9.88. The number of nitrogens with two attached hydrogens (primary N) is 1. The van der Waals surface area contributed by atoms with Gasteiger partial charge in [0.2, 0.25) is 0 Å². The zero-order valence-electron chi connectivity index (χ0n) is 13.1. The molecule has 2 aromatic rings. The van der Waals surface area contributed by atoms with Crippen LogP contribution in [0.3, 0.4) is 0 Å². The zero-order valence-corrected chi connectivity index (χ0v) is 13.1. The summed E-state index contributed by atoms with van der Waals surface area (Å²) in [6, 6.07) is 11.1. The average Bonchev–Trinajstić information content (AvgIpc) is 2.48. The van der Waals surface area contributed by atoms with E-state index in [9.17, 15) is 0 Å². The van der Waals surface area contributed by atoms with Crippen LogP contribution in [0.5, 0.6) is 0 Å². The Labute approximate surface area is 122 Å². The van der Waals surface area contributed by atoms with E-state index in [1.807, 2.05) is 6.07 Å². The lowest BCUT2D eigenvalue weighted by Crippen LogP contribution is -1.98. The van der Waals surface area contributed by atoms with Gasteiger partial charge in [0.05, 0.1) is 0 Å². The highest BCUT2D eigenvalue weighted by molar-refractivity contribution is 5.74. The number of aryl methyl sites for hydroxylation is 4. The highest BCUT2D eigenvalue weighted by atomic mass is 14.5. The van der Waals surface area contributed by atoms with Gasteiger partial charge in [0, 0.05) is 5.69 Å². The third-order valence-electron chi connectivity index (χ3n) is 4.09. The largest absolute Gasteiger partial charge is 0.399 e. The Balaban J connectivity index is 2.67. The van der Waals surface area contributed by atoms with Gasteiger partial charge < -0.3 is 5.73 Å². The summed E-state index contributed by atoms with van der Waals surface area (Å²) >= 11 is 0. The van der Waals surface area contributed by atoms with Gasteiger partial charge in [-0.05, 0) is 71.7 Å². The van der Waals surface area contributed by atoms with Gasteiger partial charge >= 0.3 is 0 Å². The maximum Gasteiger partial charge on any atom is 0.0344 e. The minimum absolute atomic E-state index is 0.870. The third-order valence-corrected chi connectivity index (χ3v) is 4.09. The van der Waals surface area contributed by atoms with Crippen LogP contribution < -0.4 is 5.73 Å². The first-order valence-electron chi connectivity index (χ1n) is 7.61. The van der Waals surface area contributed by atoms with Crippen molar-refractivity contribution in [3.8, 4) is 11.1 Å². The average molecular weight is 267 g/mol. The molecule has 2 aromatic carbocycles. The van der Waals surface area contributed by atoms with Gasteiger partial charge in [0.25, 0.3) is 0 Å². The van der Waals surface area contributed by atoms with Crippen molar-refractivity contribution in [3.05, 3.63) is 52.6 Å². The first-order valence-corrected chi connectivity index (χ1v) is 7.61. The van der Waals surface area contributed by atoms with Crippen LogP contribution in [0.1, 0.15) is 43.0 Å². The molecule has 0 saturated carbocycles. The van der Waals surface area contributed by atoms with E-state index in [4.69, 9.17) is 5.73 Å². The summed E-state index contributed by atoms with van der Waals surface area (Å²) in [6.07, 6.45) is 3.24. The molecule has 1 nitrogen and oxygen atoms in total. The summed E-state index contributed by atoms with van der Waals surface area (Å²) in [6.45, 7) is 8.78. The maximum absolute atomic E-state index is 5.95. The van der Waals surface area contributed by atoms with E-state index in [2.05, 4.69) is 52.0 Å². The molecule has 0 bridgehead atoms. The van der Waals surface area contributed by atoms with E-state index in [-0.39, 0.29) is 0 Å². The molecule has 106 valence electrons. The standard InChI is InChI=1S/C19H25N/c1-5-14-11-15(6-2)19(16(7-3)12-14)17-8-9-18(20)13(4)10-17/h8-12H,5-7,20H2,1-4H3. The molecule has 2 rings (SSSR count). The van der Waals surface area contributed by atoms with Crippen LogP contribution in [0.25, 0.3) is 11.1 Å². The van der Waals surface area contributed by atoms with E-state index < -0.39 is 0 Å². The molecular formula is C19H25N. The van der Waals surface area contributed by atoms with Crippen molar-refractivity contribution in [2.75, 3.05) is 5.73 Å². The molecule has 1 heteroatoms. The van der Waals surface area contributed by atoms with Gasteiger partial charge in [-0.25, -0.2) is 0 Å². The Hall–Kier alpha value is -1.76. The van der Waals surface area contributed by atoms with Crippen LogP contribution in [0.2, 0.25) is 0 Å². The van der Waals surface area contributed by atoms with E-state index in [0.717, 1.165) is 30.5 Å². The Kier molecular flexibility index (Phi) is 4.49. The molecule has 0 aromatic heterocycles. The zero-order chi connectivity index (χ0) is 14.7. The van der Waals surface area contributed by atoms with Gasteiger partial charge in [-0.2, -0.15) is 0 Å². The quantitative estimate of drug-likeness (QED) is 0.781. The lowest BCUT2D eigenvalue weighted by Gasteiger charge is -2.17. The van der Waals surface area contributed by atoms with E-state index in [0.29, 0.717) is 0 Å². The number of nitrogen functional groups attached to an aromatic ring is 1. The van der Waals surface area contributed by atoms with Crippen molar-refractivity contribution < 1.29 is 0 Å². The van der Waals surface area contributed by atoms with Crippen molar-refractivity contribution in [1.82, 2.24) is 0 Å². The fraction of sp³-hybridized carbons (Fsp3) is 0.368. The first-order chi connectivity index (χ1) is 9.60. The number of anilines is 1. The first kappa shape index (κ1) is 14.6. The molecule has 2 N–H and O–H groups in total. The fourth-order valence-electron chi connectivity index (χ4n) is 2.80. The van der Waals surface area contributed by atoms with Crippen LogP contribution >= 0.6 is 0 Å². The van der Waals surface area contributed by atoms with Gasteiger partial charge in [0.15, 0.2) is 0 Å². The third kappa shape index (κ3) is 2.72. The molecule has 0 radical (unpaired) electrons. The van der Waals surface area contributed by atoms with Crippen LogP contribution in [-0.4, -0.2) is 0 Å². The Morgan fingerprint density at radius 3 is 1.90 bits per heavy atom. The van der Waals surface area contributed by atoms with Crippen molar-refractivity contribution in [3.63, 3.8) is 0 Å². The van der Waals surface area contributed by atoms with Crippen LogP contribution in [0.15, 0.2) is 30.3 Å². The van der Waals surface area contributed by atoms with Gasteiger partial charge in [-0.15, -0.1) is 0 Å². The van der Waals surface area contributed by atoms with Gasteiger partial charge in [-0.3, -0.25) is 0 Å². The minimum Gasteiger partial charge on any atom is -0.399 e. The monoisotopic (exact) mass is 267 g/mol. The van der Waals surface area contributed by atoms with E-state index in [1.54, 1.807) is 0 Å². The second-order valence-corrected chi connectivity index (χ2v) is 5.42.